The Morgan fingerprint density at radius 1 is 1.14 bits per heavy atom. The van der Waals surface area contributed by atoms with E-state index in [4.69, 9.17) is 12.2 Å². The molecule has 4 heterocycles. The third-order valence-electron chi connectivity index (χ3n) is 8.07. The number of aromatic nitrogens is 3. The van der Waals surface area contributed by atoms with Gasteiger partial charge < -0.3 is 4.90 Å². The normalized spacial score (nSPS) is 18.3. The van der Waals surface area contributed by atoms with Gasteiger partial charge in [-0.05, 0) is 62.8 Å². The Morgan fingerprint density at radius 3 is 2.50 bits per heavy atom. The van der Waals surface area contributed by atoms with Gasteiger partial charge in [-0.2, -0.15) is 5.26 Å². The lowest BCUT2D eigenvalue weighted by atomic mass is 9.98. The largest absolute Gasteiger partial charge is 0.357 e. The number of nitrogens with zero attached hydrogens (tertiary/aromatic N) is 6. The Kier molecular flexibility index (Phi) is 8.30. The van der Waals surface area contributed by atoms with E-state index >= 15 is 0 Å². The molecule has 2 aliphatic heterocycles. The third kappa shape index (κ3) is 4.92. The third-order valence-corrected chi connectivity index (χ3v) is 9.37. The van der Waals surface area contributed by atoms with Crippen molar-refractivity contribution in [2.24, 2.45) is 13.0 Å². The van der Waals surface area contributed by atoms with E-state index in [2.05, 4.69) is 17.9 Å². The molecule has 1 amide bonds. The van der Waals surface area contributed by atoms with Crippen LogP contribution in [-0.4, -0.2) is 37.2 Å². The molecule has 2 fully saturated rings. The molecule has 0 aliphatic carbocycles. The maximum absolute atomic E-state index is 14.0. The van der Waals surface area contributed by atoms with Crippen molar-refractivity contribution in [2.75, 3.05) is 22.9 Å². The second kappa shape index (κ2) is 11.8. The first-order valence-electron chi connectivity index (χ1n) is 14.1. The minimum Gasteiger partial charge on any atom is -0.357 e. The second-order valence-corrected chi connectivity index (χ2v) is 12.6. The van der Waals surface area contributed by atoms with E-state index in [9.17, 15) is 19.6 Å². The lowest BCUT2D eigenvalue weighted by molar-refractivity contribution is -0.113. The highest BCUT2D eigenvalue weighted by atomic mass is 32.2. The van der Waals surface area contributed by atoms with Gasteiger partial charge in [-0.15, -0.1) is 0 Å². The first kappa shape index (κ1) is 29.6. The monoisotopic (exact) mass is 602 g/mol. The summed E-state index contributed by atoms with van der Waals surface area (Å²) in [7, 11) is 1.77. The van der Waals surface area contributed by atoms with Crippen molar-refractivity contribution in [2.45, 2.75) is 53.5 Å². The Balaban J connectivity index is 1.67. The molecule has 2 aliphatic rings. The van der Waals surface area contributed by atoms with Crippen LogP contribution < -0.4 is 20.9 Å². The van der Waals surface area contributed by atoms with Gasteiger partial charge in [0, 0.05) is 32.2 Å². The summed E-state index contributed by atoms with van der Waals surface area (Å²) >= 11 is 6.80. The van der Waals surface area contributed by atoms with Gasteiger partial charge in [0.05, 0.1) is 16.3 Å². The fourth-order valence-electron chi connectivity index (χ4n) is 5.90. The van der Waals surface area contributed by atoms with Crippen LogP contribution >= 0.6 is 24.0 Å². The standard InChI is InChI=1S/C31H34N6O3S2/c1-6-14-35-27(34-15-10-11-19(2)18-34)23(20(3)24(17-32)28(35)38)16-25-29(39)36(31(41)42-25)26-21(4)33(5)37(30(26)40)22-12-8-7-9-13-22/h7-9,12-13,16,19H,6,10-11,14-15,18H2,1-5H3/b25-16-. The molecule has 218 valence electrons. The number of nitriles is 1. The van der Waals surface area contributed by atoms with Gasteiger partial charge in [-0.1, -0.05) is 56.0 Å². The molecule has 0 bridgehead atoms. The number of para-hydroxylation sites is 1. The highest BCUT2D eigenvalue weighted by Gasteiger charge is 2.38. The van der Waals surface area contributed by atoms with E-state index in [0.717, 1.165) is 43.5 Å². The van der Waals surface area contributed by atoms with Crippen molar-refractivity contribution in [3.63, 3.8) is 0 Å². The second-order valence-electron chi connectivity index (χ2n) is 10.9. The molecule has 1 unspecified atom stereocenters. The van der Waals surface area contributed by atoms with Crippen LogP contribution in [0.2, 0.25) is 0 Å². The molecule has 0 N–H and O–H groups in total. The van der Waals surface area contributed by atoms with Crippen molar-refractivity contribution in [3.8, 4) is 11.8 Å². The molecule has 2 saturated heterocycles. The van der Waals surface area contributed by atoms with E-state index in [-0.39, 0.29) is 26.7 Å². The molecule has 5 rings (SSSR count). The summed E-state index contributed by atoms with van der Waals surface area (Å²) in [6.07, 6.45) is 4.56. The van der Waals surface area contributed by atoms with Crippen molar-refractivity contribution < 1.29 is 4.79 Å². The van der Waals surface area contributed by atoms with Crippen LogP contribution in [-0.2, 0) is 18.4 Å². The summed E-state index contributed by atoms with van der Waals surface area (Å²) in [5.74, 6) is 0.774. The first-order valence-corrected chi connectivity index (χ1v) is 15.4. The number of anilines is 2. The van der Waals surface area contributed by atoms with Gasteiger partial charge in [-0.25, -0.2) is 4.68 Å². The fourth-order valence-corrected chi connectivity index (χ4v) is 7.15. The maximum Gasteiger partial charge on any atom is 0.296 e. The Labute approximate surface area is 254 Å². The Bertz CT molecular complexity index is 1780. The summed E-state index contributed by atoms with van der Waals surface area (Å²) in [4.78, 5) is 45.1. The van der Waals surface area contributed by atoms with Gasteiger partial charge in [0.2, 0.25) is 0 Å². The van der Waals surface area contributed by atoms with E-state index in [1.165, 1.54) is 9.58 Å². The minimum absolute atomic E-state index is 0.0728. The van der Waals surface area contributed by atoms with E-state index in [0.29, 0.717) is 46.3 Å². The average Bonchev–Trinajstić information content (AvgIpc) is 3.36. The van der Waals surface area contributed by atoms with Crippen LogP contribution in [0, 0.1) is 31.1 Å². The van der Waals surface area contributed by atoms with Crippen molar-refractivity contribution in [3.05, 3.63) is 78.3 Å². The number of rotatable bonds is 6. The van der Waals surface area contributed by atoms with Crippen LogP contribution in [0.1, 0.15) is 55.5 Å². The van der Waals surface area contributed by atoms with E-state index < -0.39 is 5.91 Å². The van der Waals surface area contributed by atoms with Gasteiger partial charge in [0.15, 0.2) is 4.32 Å². The molecule has 1 atom stereocenters. The smallest absolute Gasteiger partial charge is 0.296 e. The predicted molar refractivity (Wildman–Crippen MR) is 172 cm³/mol. The van der Waals surface area contributed by atoms with E-state index in [1.54, 1.807) is 36.2 Å². The van der Waals surface area contributed by atoms with Crippen LogP contribution in [0.4, 0.5) is 11.5 Å². The molecule has 2 aromatic heterocycles. The van der Waals surface area contributed by atoms with Gasteiger partial charge in [0.25, 0.3) is 17.0 Å². The zero-order valence-corrected chi connectivity index (χ0v) is 26.1. The number of benzene rings is 1. The molecule has 1 aromatic carbocycles. The molecular formula is C31H34N6O3S2. The lowest BCUT2D eigenvalue weighted by Gasteiger charge is -2.36. The number of carbonyl (C=O) groups is 1. The lowest BCUT2D eigenvalue weighted by Crippen LogP contribution is -2.40. The van der Waals surface area contributed by atoms with Crippen LogP contribution in [0.5, 0.6) is 0 Å². The fraction of sp³-hybridized carbons (Fsp3) is 0.387. The molecule has 0 spiro atoms. The molecular weight excluding hydrogens is 569 g/mol. The van der Waals surface area contributed by atoms with Crippen molar-refractivity contribution in [1.82, 2.24) is 13.9 Å². The first-order chi connectivity index (χ1) is 20.1. The Morgan fingerprint density at radius 2 is 1.86 bits per heavy atom. The molecule has 3 aromatic rings. The minimum atomic E-state index is -0.403. The SMILES string of the molecule is CCCn1c(N2CCCC(C)C2)c(/C=C2\SC(=S)N(c3c(C)n(C)n(-c4ccccc4)c3=O)C2=O)c(C)c(C#N)c1=O. The van der Waals surface area contributed by atoms with Crippen molar-refractivity contribution in [1.29, 1.82) is 5.26 Å². The molecule has 42 heavy (non-hydrogen) atoms. The number of thiocarbonyl (C=S) groups is 1. The summed E-state index contributed by atoms with van der Waals surface area (Å²) in [6.45, 7) is 9.76. The number of pyridine rings is 1. The van der Waals surface area contributed by atoms with Gasteiger partial charge in [0.1, 0.15) is 23.1 Å². The topological polar surface area (TPSA) is 96.3 Å². The average molecular weight is 603 g/mol. The summed E-state index contributed by atoms with van der Waals surface area (Å²) in [6, 6.07) is 11.3. The summed E-state index contributed by atoms with van der Waals surface area (Å²) < 4.78 is 5.18. The zero-order valence-electron chi connectivity index (χ0n) is 24.5. The number of amides is 1. The number of hydrogen-bond acceptors (Lipinski definition) is 7. The number of piperidine rings is 1. The van der Waals surface area contributed by atoms with Crippen LogP contribution in [0.15, 0.2) is 44.8 Å². The maximum atomic E-state index is 14.0. The summed E-state index contributed by atoms with van der Waals surface area (Å²) in [5.41, 5.74) is 2.11. The van der Waals surface area contributed by atoms with Gasteiger partial charge in [-0.3, -0.25) is 28.5 Å². The molecule has 11 heteroatoms. The molecule has 9 nitrogen and oxygen atoms in total. The number of carbonyl (C=O) groups excluding carboxylic acids is 1. The number of thioether (sulfide) groups is 1. The summed E-state index contributed by atoms with van der Waals surface area (Å²) in [5, 5.41) is 9.95. The molecule has 0 saturated carbocycles. The number of hydrogen-bond donors (Lipinski definition) is 0. The highest BCUT2D eigenvalue weighted by molar-refractivity contribution is 8.27. The zero-order chi connectivity index (χ0) is 30.3. The van der Waals surface area contributed by atoms with Crippen LogP contribution in [0.3, 0.4) is 0 Å². The van der Waals surface area contributed by atoms with Crippen molar-refractivity contribution >= 4 is 51.8 Å². The Hall–Kier alpha value is -3.88. The van der Waals surface area contributed by atoms with E-state index in [1.807, 2.05) is 37.3 Å². The molecule has 0 radical (unpaired) electrons. The highest BCUT2D eigenvalue weighted by Crippen LogP contribution is 2.39. The quantitative estimate of drug-likeness (QED) is 0.293. The predicted octanol–water partition coefficient (Wildman–Crippen LogP) is 4.88. The van der Waals surface area contributed by atoms with Gasteiger partial charge >= 0.3 is 0 Å². The van der Waals surface area contributed by atoms with Crippen LogP contribution in [0.25, 0.3) is 11.8 Å².